The van der Waals surface area contributed by atoms with E-state index < -0.39 is 21.9 Å². The number of thioether (sulfide) groups is 1. The summed E-state index contributed by atoms with van der Waals surface area (Å²) in [6, 6.07) is 14.7. The van der Waals surface area contributed by atoms with Crippen molar-refractivity contribution in [3.05, 3.63) is 60.2 Å². The lowest BCUT2D eigenvalue weighted by molar-refractivity contribution is -0.131. The summed E-state index contributed by atoms with van der Waals surface area (Å²) >= 11 is 1.33. The van der Waals surface area contributed by atoms with Crippen molar-refractivity contribution in [3.63, 3.8) is 0 Å². The number of carbonyl (C=O) groups is 1. The van der Waals surface area contributed by atoms with Crippen LogP contribution in [0, 0.1) is 0 Å². The molecular weight excluding hydrogens is 446 g/mol. The summed E-state index contributed by atoms with van der Waals surface area (Å²) in [4.78, 5) is 14.7. The number of halogens is 2. The van der Waals surface area contributed by atoms with Gasteiger partial charge in [0.1, 0.15) is 5.75 Å². The molecule has 168 valence electrons. The second kappa shape index (κ2) is 10.4. The SMILES string of the molecule is CC(SCc1ccccc1OC(F)F)C(=O)N1CCN(S(=O)(=O)c2ccccc2)CC1. The van der Waals surface area contributed by atoms with E-state index in [0.29, 0.717) is 24.4 Å². The van der Waals surface area contributed by atoms with E-state index in [9.17, 15) is 22.0 Å². The minimum atomic E-state index is -3.58. The van der Waals surface area contributed by atoms with Crippen molar-refractivity contribution in [2.75, 3.05) is 26.2 Å². The smallest absolute Gasteiger partial charge is 0.387 e. The molecule has 0 N–H and O–H groups in total. The van der Waals surface area contributed by atoms with E-state index in [2.05, 4.69) is 4.74 Å². The summed E-state index contributed by atoms with van der Waals surface area (Å²) in [5.74, 6) is 0.344. The van der Waals surface area contributed by atoms with Crippen LogP contribution in [0.3, 0.4) is 0 Å². The van der Waals surface area contributed by atoms with Gasteiger partial charge in [0.25, 0.3) is 0 Å². The monoisotopic (exact) mass is 470 g/mol. The molecule has 0 radical (unpaired) electrons. The first kappa shape index (κ1) is 23.5. The summed E-state index contributed by atoms with van der Waals surface area (Å²) in [6.45, 7) is -0.0800. The first-order chi connectivity index (χ1) is 14.8. The van der Waals surface area contributed by atoms with Crippen LogP contribution in [0.2, 0.25) is 0 Å². The predicted octanol–water partition coefficient (Wildman–Crippen LogP) is 3.44. The molecule has 1 fully saturated rings. The molecule has 1 amide bonds. The Hall–Kier alpha value is -2.17. The third kappa shape index (κ3) is 5.96. The number of alkyl halides is 2. The molecule has 3 rings (SSSR count). The van der Waals surface area contributed by atoms with Crippen molar-refractivity contribution in [1.29, 1.82) is 0 Å². The number of hydrogen-bond donors (Lipinski definition) is 0. The van der Waals surface area contributed by atoms with Gasteiger partial charge in [0, 0.05) is 37.5 Å². The van der Waals surface area contributed by atoms with Crippen molar-refractivity contribution in [2.45, 2.75) is 29.4 Å². The highest BCUT2D eigenvalue weighted by molar-refractivity contribution is 7.99. The number of nitrogens with zero attached hydrogens (tertiary/aromatic N) is 2. The zero-order chi connectivity index (χ0) is 22.4. The Bertz CT molecular complexity index is 982. The number of benzene rings is 2. The van der Waals surface area contributed by atoms with Crippen LogP contribution in [-0.4, -0.2) is 61.6 Å². The second-order valence-corrected chi connectivity index (χ2v) is 10.2. The van der Waals surface area contributed by atoms with E-state index in [1.807, 2.05) is 0 Å². The van der Waals surface area contributed by atoms with Crippen molar-refractivity contribution < 1.29 is 26.7 Å². The van der Waals surface area contributed by atoms with Gasteiger partial charge in [-0.05, 0) is 25.1 Å². The molecule has 0 aliphatic carbocycles. The van der Waals surface area contributed by atoms with Gasteiger partial charge in [-0.1, -0.05) is 36.4 Å². The van der Waals surface area contributed by atoms with Crippen molar-refractivity contribution in [3.8, 4) is 5.75 Å². The normalized spacial score (nSPS) is 16.3. The van der Waals surface area contributed by atoms with Crippen molar-refractivity contribution in [1.82, 2.24) is 9.21 Å². The zero-order valence-corrected chi connectivity index (χ0v) is 18.6. The van der Waals surface area contributed by atoms with Crippen LogP contribution in [-0.2, 0) is 20.6 Å². The minimum Gasteiger partial charge on any atom is -0.435 e. The van der Waals surface area contributed by atoms with Gasteiger partial charge in [-0.2, -0.15) is 13.1 Å². The number of carbonyl (C=O) groups excluding carboxylic acids is 1. The fourth-order valence-corrected chi connectivity index (χ4v) is 5.67. The molecule has 0 saturated carbocycles. The standard InChI is InChI=1S/C21H24F2N2O4S2/c1-16(30-15-17-7-5-6-10-19(17)29-21(22)23)20(26)24-11-13-25(14-12-24)31(27,28)18-8-3-2-4-9-18/h2-10,16,21H,11-15H2,1H3. The van der Waals surface area contributed by atoms with Gasteiger partial charge in [-0.3, -0.25) is 4.79 Å². The zero-order valence-electron chi connectivity index (χ0n) is 17.0. The third-order valence-electron chi connectivity index (χ3n) is 4.96. The molecule has 1 aliphatic rings. The summed E-state index contributed by atoms with van der Waals surface area (Å²) in [5, 5.41) is -0.406. The van der Waals surface area contributed by atoms with Crippen LogP contribution < -0.4 is 4.74 Å². The highest BCUT2D eigenvalue weighted by Crippen LogP contribution is 2.27. The average molecular weight is 471 g/mol. The van der Waals surface area contributed by atoms with Gasteiger partial charge in [-0.15, -0.1) is 11.8 Å². The number of piperazine rings is 1. The molecule has 2 aromatic rings. The molecule has 0 bridgehead atoms. The molecule has 31 heavy (non-hydrogen) atoms. The average Bonchev–Trinajstić information content (AvgIpc) is 2.78. The first-order valence-electron chi connectivity index (χ1n) is 9.77. The number of hydrogen-bond acceptors (Lipinski definition) is 5. The fourth-order valence-electron chi connectivity index (χ4n) is 3.27. The molecule has 1 saturated heterocycles. The second-order valence-electron chi connectivity index (χ2n) is 6.98. The molecule has 0 spiro atoms. The lowest BCUT2D eigenvalue weighted by Gasteiger charge is -2.35. The van der Waals surface area contributed by atoms with Crippen LogP contribution in [0.5, 0.6) is 5.75 Å². The van der Waals surface area contributed by atoms with Crippen LogP contribution >= 0.6 is 11.8 Å². The minimum absolute atomic E-state index is 0.101. The predicted molar refractivity (Wildman–Crippen MR) is 116 cm³/mol. The Balaban J connectivity index is 1.54. The van der Waals surface area contributed by atoms with E-state index in [0.717, 1.165) is 0 Å². The van der Waals surface area contributed by atoms with Gasteiger partial charge in [0.05, 0.1) is 10.1 Å². The Morgan fingerprint density at radius 3 is 2.29 bits per heavy atom. The summed E-state index contributed by atoms with van der Waals surface area (Å²) in [6.07, 6.45) is 0. The summed E-state index contributed by atoms with van der Waals surface area (Å²) in [5.41, 5.74) is 0.589. The third-order valence-corrected chi connectivity index (χ3v) is 8.05. The van der Waals surface area contributed by atoms with E-state index >= 15 is 0 Å². The van der Waals surface area contributed by atoms with Crippen LogP contribution in [0.15, 0.2) is 59.5 Å². The van der Waals surface area contributed by atoms with E-state index in [1.54, 1.807) is 60.4 Å². The van der Waals surface area contributed by atoms with E-state index in [4.69, 9.17) is 0 Å². The molecule has 1 unspecified atom stereocenters. The van der Waals surface area contributed by atoms with E-state index in [-0.39, 0.29) is 29.6 Å². The summed E-state index contributed by atoms with van der Waals surface area (Å²) < 4.78 is 56.5. The van der Waals surface area contributed by atoms with E-state index in [1.165, 1.54) is 22.1 Å². The Labute approximate surface area is 185 Å². The topological polar surface area (TPSA) is 66.9 Å². The maximum absolute atomic E-state index is 12.8. The maximum atomic E-state index is 12.8. The molecule has 1 heterocycles. The van der Waals surface area contributed by atoms with Crippen molar-refractivity contribution >= 4 is 27.7 Å². The molecule has 1 aliphatic heterocycles. The number of sulfonamides is 1. The number of amides is 1. The number of rotatable bonds is 8. The lowest BCUT2D eigenvalue weighted by Crippen LogP contribution is -2.52. The highest BCUT2D eigenvalue weighted by atomic mass is 32.2. The van der Waals surface area contributed by atoms with Crippen molar-refractivity contribution in [2.24, 2.45) is 0 Å². The quantitative estimate of drug-likeness (QED) is 0.591. The fraction of sp³-hybridized carbons (Fsp3) is 0.381. The Morgan fingerprint density at radius 1 is 1.03 bits per heavy atom. The molecule has 10 heteroatoms. The molecule has 1 atom stereocenters. The largest absolute Gasteiger partial charge is 0.435 e. The number of para-hydroxylation sites is 1. The van der Waals surface area contributed by atoms with Crippen LogP contribution in [0.4, 0.5) is 8.78 Å². The maximum Gasteiger partial charge on any atom is 0.387 e. The first-order valence-corrected chi connectivity index (χ1v) is 12.3. The molecule has 0 aromatic heterocycles. The lowest BCUT2D eigenvalue weighted by atomic mass is 10.2. The number of ether oxygens (including phenoxy) is 1. The highest BCUT2D eigenvalue weighted by Gasteiger charge is 2.31. The van der Waals surface area contributed by atoms with Gasteiger partial charge in [0.2, 0.25) is 15.9 Å². The van der Waals surface area contributed by atoms with Crippen LogP contribution in [0.25, 0.3) is 0 Å². The van der Waals surface area contributed by atoms with Crippen LogP contribution in [0.1, 0.15) is 12.5 Å². The molecule has 6 nitrogen and oxygen atoms in total. The Kier molecular flexibility index (Phi) is 7.90. The van der Waals surface area contributed by atoms with Gasteiger partial charge in [-0.25, -0.2) is 8.42 Å². The summed E-state index contributed by atoms with van der Waals surface area (Å²) in [7, 11) is -3.58. The van der Waals surface area contributed by atoms with Gasteiger partial charge >= 0.3 is 6.61 Å². The molecular formula is C21H24F2N2O4S2. The Morgan fingerprint density at radius 2 is 1.65 bits per heavy atom. The van der Waals surface area contributed by atoms with Gasteiger partial charge in [0.15, 0.2) is 0 Å². The van der Waals surface area contributed by atoms with Gasteiger partial charge < -0.3 is 9.64 Å². The molecule has 2 aromatic carbocycles.